The van der Waals surface area contributed by atoms with Crippen molar-refractivity contribution in [3.8, 4) is 6.07 Å². The molecule has 0 radical (unpaired) electrons. The molecule has 1 aliphatic rings. The van der Waals surface area contributed by atoms with Gasteiger partial charge in [0.1, 0.15) is 10.7 Å². The Hall–Kier alpha value is -1.12. The number of nitriles is 1. The molecule has 0 unspecified atom stereocenters. The van der Waals surface area contributed by atoms with Crippen LogP contribution in [0.1, 0.15) is 42.5 Å². The van der Waals surface area contributed by atoms with Gasteiger partial charge in [0.15, 0.2) is 0 Å². The first-order valence-corrected chi connectivity index (χ1v) is 7.68. The molecule has 4 nitrogen and oxygen atoms in total. The lowest BCUT2D eigenvalue weighted by atomic mass is 9.81. The highest BCUT2D eigenvalue weighted by Crippen LogP contribution is 2.34. The van der Waals surface area contributed by atoms with Gasteiger partial charge in [0.05, 0.1) is 11.6 Å². The first-order valence-electron chi connectivity index (χ1n) is 6.51. The summed E-state index contributed by atoms with van der Waals surface area (Å²) in [6.07, 6.45) is 6.02. The third kappa shape index (κ3) is 2.82. The zero-order valence-corrected chi connectivity index (χ0v) is 13.5. The molecule has 106 valence electrons. The molecule has 0 aromatic carbocycles. The van der Waals surface area contributed by atoms with E-state index in [2.05, 4.69) is 27.0 Å². The lowest BCUT2D eigenvalue weighted by molar-refractivity contribution is 0.0588. The van der Waals surface area contributed by atoms with E-state index >= 15 is 0 Å². The molecule has 0 saturated heterocycles. The van der Waals surface area contributed by atoms with E-state index in [1.165, 1.54) is 4.90 Å². The lowest BCUT2D eigenvalue weighted by Crippen LogP contribution is -2.49. The smallest absolute Gasteiger partial charge is 0.258 e. The molecule has 2 rings (SSSR count). The van der Waals surface area contributed by atoms with Crippen LogP contribution in [0.4, 0.5) is 0 Å². The van der Waals surface area contributed by atoms with E-state index < -0.39 is 5.54 Å². The summed E-state index contributed by atoms with van der Waals surface area (Å²) in [5.74, 6) is -0.257. The Labute approximate surface area is 131 Å². The zero-order valence-electron chi connectivity index (χ0n) is 11.2. The van der Waals surface area contributed by atoms with Crippen molar-refractivity contribution in [2.24, 2.45) is 0 Å². The Kier molecular flexibility index (Phi) is 4.66. The van der Waals surface area contributed by atoms with Crippen LogP contribution >= 0.6 is 27.5 Å². The molecule has 0 N–H and O–H groups in total. The molecule has 1 aromatic rings. The highest BCUT2D eigenvalue weighted by molar-refractivity contribution is 9.10. The molecule has 0 bridgehead atoms. The molecule has 0 aliphatic heterocycles. The van der Waals surface area contributed by atoms with Crippen LogP contribution in [0.2, 0.25) is 5.15 Å². The maximum absolute atomic E-state index is 12.6. The van der Waals surface area contributed by atoms with Crippen molar-refractivity contribution >= 4 is 33.4 Å². The molecule has 20 heavy (non-hydrogen) atoms. The Morgan fingerprint density at radius 2 is 2.15 bits per heavy atom. The highest BCUT2D eigenvalue weighted by Gasteiger charge is 2.39. The molecule has 1 aromatic heterocycles. The van der Waals surface area contributed by atoms with Gasteiger partial charge in [-0.1, -0.05) is 30.9 Å². The minimum Gasteiger partial charge on any atom is -0.323 e. The van der Waals surface area contributed by atoms with Gasteiger partial charge < -0.3 is 4.90 Å². The molecule has 0 spiro atoms. The third-order valence-electron chi connectivity index (χ3n) is 3.87. The largest absolute Gasteiger partial charge is 0.323 e. The summed E-state index contributed by atoms with van der Waals surface area (Å²) in [5, 5.41) is 9.69. The topological polar surface area (TPSA) is 57.0 Å². The summed E-state index contributed by atoms with van der Waals surface area (Å²) in [5.41, 5.74) is -0.398. The molecule has 1 saturated carbocycles. The van der Waals surface area contributed by atoms with E-state index in [-0.39, 0.29) is 11.1 Å². The van der Waals surface area contributed by atoms with Crippen LogP contribution in [0.5, 0.6) is 0 Å². The molecule has 1 aliphatic carbocycles. The number of hydrogen-bond donors (Lipinski definition) is 0. The fraction of sp³-hybridized carbons (Fsp3) is 0.500. The van der Waals surface area contributed by atoms with Gasteiger partial charge in [0.2, 0.25) is 0 Å². The minimum absolute atomic E-state index is 0.161. The second-order valence-corrected chi connectivity index (χ2v) is 6.33. The van der Waals surface area contributed by atoms with Crippen molar-refractivity contribution in [1.82, 2.24) is 9.88 Å². The highest BCUT2D eigenvalue weighted by atomic mass is 79.9. The number of carbonyl (C=O) groups is 1. The van der Waals surface area contributed by atoms with Crippen molar-refractivity contribution in [2.45, 2.75) is 37.6 Å². The van der Waals surface area contributed by atoms with Crippen molar-refractivity contribution in [1.29, 1.82) is 5.26 Å². The van der Waals surface area contributed by atoms with Crippen molar-refractivity contribution in [2.75, 3.05) is 7.05 Å². The first kappa shape index (κ1) is 15.3. The van der Waals surface area contributed by atoms with Crippen LogP contribution < -0.4 is 0 Å². The van der Waals surface area contributed by atoms with Crippen LogP contribution in [-0.2, 0) is 0 Å². The number of halogens is 2. The molecule has 1 amide bonds. The fourth-order valence-corrected chi connectivity index (χ4v) is 3.12. The van der Waals surface area contributed by atoms with Crippen molar-refractivity contribution in [3.05, 3.63) is 27.5 Å². The zero-order chi connectivity index (χ0) is 14.8. The number of amides is 1. The van der Waals surface area contributed by atoms with E-state index in [0.29, 0.717) is 22.9 Å². The second-order valence-electron chi connectivity index (χ2n) is 5.06. The van der Waals surface area contributed by atoms with Gasteiger partial charge in [0.25, 0.3) is 5.91 Å². The van der Waals surface area contributed by atoms with E-state index in [9.17, 15) is 10.1 Å². The third-order valence-corrected chi connectivity index (χ3v) is 4.61. The van der Waals surface area contributed by atoms with Crippen LogP contribution in [0, 0.1) is 11.3 Å². The average Bonchev–Trinajstić information content (AvgIpc) is 2.49. The van der Waals surface area contributed by atoms with Crippen LogP contribution in [-0.4, -0.2) is 28.4 Å². The maximum Gasteiger partial charge on any atom is 0.258 e. The van der Waals surface area contributed by atoms with Crippen LogP contribution in [0.15, 0.2) is 16.7 Å². The lowest BCUT2D eigenvalue weighted by Gasteiger charge is -2.39. The maximum atomic E-state index is 12.6. The summed E-state index contributed by atoms with van der Waals surface area (Å²) >= 11 is 9.28. The fourth-order valence-electron chi connectivity index (χ4n) is 2.61. The van der Waals surface area contributed by atoms with Crippen molar-refractivity contribution in [3.63, 3.8) is 0 Å². The van der Waals surface area contributed by atoms with Gasteiger partial charge >= 0.3 is 0 Å². The molecule has 0 atom stereocenters. The summed E-state index contributed by atoms with van der Waals surface area (Å²) in [7, 11) is 1.67. The Balaban J connectivity index is 2.32. The number of hydrogen-bond acceptors (Lipinski definition) is 3. The summed E-state index contributed by atoms with van der Waals surface area (Å²) < 4.78 is 0.688. The number of pyridine rings is 1. The Morgan fingerprint density at radius 1 is 1.50 bits per heavy atom. The monoisotopic (exact) mass is 355 g/mol. The van der Waals surface area contributed by atoms with Crippen molar-refractivity contribution < 1.29 is 4.79 Å². The van der Waals surface area contributed by atoms with Crippen LogP contribution in [0.3, 0.4) is 0 Å². The predicted octanol–water partition coefficient (Wildman–Crippen LogP) is 3.80. The standard InChI is InChI=1S/C14H15BrClN3O/c1-19(14(9-17)5-3-2-4-6-14)13(20)11-7-10(15)8-18-12(11)16/h7-8H,2-6H2,1H3. The SMILES string of the molecule is CN(C(=O)c1cc(Br)cnc1Cl)C1(C#N)CCCCC1. The van der Waals surface area contributed by atoms with Crippen LogP contribution in [0.25, 0.3) is 0 Å². The Morgan fingerprint density at radius 3 is 2.75 bits per heavy atom. The van der Waals surface area contributed by atoms with E-state index in [4.69, 9.17) is 11.6 Å². The first-order chi connectivity index (χ1) is 9.50. The van der Waals surface area contributed by atoms with Gasteiger partial charge in [-0.05, 0) is 34.8 Å². The normalized spacial score (nSPS) is 17.3. The molecule has 1 fully saturated rings. The van der Waals surface area contributed by atoms with E-state index in [0.717, 1.165) is 19.3 Å². The Bertz CT molecular complexity index is 564. The number of aromatic nitrogens is 1. The van der Waals surface area contributed by atoms with E-state index in [1.807, 2.05) is 0 Å². The van der Waals surface area contributed by atoms with Gasteiger partial charge in [0, 0.05) is 17.7 Å². The molecule has 6 heteroatoms. The molecular formula is C14H15BrClN3O. The second kappa shape index (κ2) is 6.11. The average molecular weight is 357 g/mol. The number of nitrogens with zero attached hydrogens (tertiary/aromatic N) is 3. The molecular weight excluding hydrogens is 342 g/mol. The summed E-state index contributed by atoms with van der Waals surface area (Å²) in [6.45, 7) is 0. The van der Waals surface area contributed by atoms with Gasteiger partial charge in [-0.2, -0.15) is 5.26 Å². The summed E-state index contributed by atoms with van der Waals surface area (Å²) in [4.78, 5) is 18.1. The number of carbonyl (C=O) groups excluding carboxylic acids is 1. The van der Waals surface area contributed by atoms with Gasteiger partial charge in [-0.15, -0.1) is 0 Å². The van der Waals surface area contributed by atoms with Gasteiger partial charge in [-0.25, -0.2) is 4.98 Å². The van der Waals surface area contributed by atoms with E-state index in [1.54, 1.807) is 19.3 Å². The minimum atomic E-state index is -0.721. The summed E-state index contributed by atoms with van der Waals surface area (Å²) in [6, 6.07) is 3.97. The molecule has 1 heterocycles. The predicted molar refractivity (Wildman–Crippen MR) is 80.5 cm³/mol. The van der Waals surface area contributed by atoms with Gasteiger partial charge in [-0.3, -0.25) is 4.79 Å². The quantitative estimate of drug-likeness (QED) is 0.757. The number of rotatable bonds is 2.